The van der Waals surface area contributed by atoms with E-state index >= 15 is 0 Å². The van der Waals surface area contributed by atoms with Crippen LogP contribution in [0.2, 0.25) is 0 Å². The summed E-state index contributed by atoms with van der Waals surface area (Å²) < 4.78 is 7.03. The van der Waals surface area contributed by atoms with Crippen LogP contribution in [0.25, 0.3) is 0 Å². The molecular formula is C17H23N3O3. The second-order valence-electron chi connectivity index (χ2n) is 6.18. The molecule has 124 valence electrons. The van der Waals surface area contributed by atoms with Crippen molar-refractivity contribution in [1.82, 2.24) is 15.1 Å². The molecule has 2 heterocycles. The minimum atomic E-state index is -0.625. The molecule has 23 heavy (non-hydrogen) atoms. The van der Waals surface area contributed by atoms with Gasteiger partial charge in [0, 0.05) is 24.8 Å². The Balaban J connectivity index is 1.48. The van der Waals surface area contributed by atoms with Crippen molar-refractivity contribution in [2.24, 2.45) is 0 Å². The summed E-state index contributed by atoms with van der Waals surface area (Å²) in [6, 6.07) is 7.43. The molecule has 6 nitrogen and oxygen atoms in total. The molecule has 6 heteroatoms. The molecule has 1 aliphatic rings. The fourth-order valence-corrected chi connectivity index (χ4v) is 3.18. The van der Waals surface area contributed by atoms with Crippen LogP contribution in [0.5, 0.6) is 0 Å². The summed E-state index contributed by atoms with van der Waals surface area (Å²) >= 11 is 0. The van der Waals surface area contributed by atoms with E-state index in [9.17, 15) is 9.90 Å². The van der Waals surface area contributed by atoms with Crippen LogP contribution >= 0.6 is 0 Å². The molecule has 0 amide bonds. The van der Waals surface area contributed by atoms with Crippen LogP contribution in [0.4, 0.5) is 0 Å². The molecule has 1 aliphatic carbocycles. The third kappa shape index (κ3) is 3.89. The molecule has 1 fully saturated rings. The van der Waals surface area contributed by atoms with Crippen LogP contribution in [0.3, 0.4) is 0 Å². The Morgan fingerprint density at radius 3 is 2.78 bits per heavy atom. The maximum absolute atomic E-state index is 11.8. The van der Waals surface area contributed by atoms with E-state index in [2.05, 4.69) is 10.4 Å². The lowest BCUT2D eigenvalue weighted by Gasteiger charge is -2.30. The Morgan fingerprint density at radius 1 is 1.35 bits per heavy atom. The third-order valence-corrected chi connectivity index (χ3v) is 4.47. The van der Waals surface area contributed by atoms with Gasteiger partial charge in [-0.25, -0.2) is 4.68 Å². The lowest BCUT2D eigenvalue weighted by atomic mass is 9.91. The van der Waals surface area contributed by atoms with Crippen molar-refractivity contribution < 1.29 is 9.52 Å². The summed E-state index contributed by atoms with van der Waals surface area (Å²) in [4.78, 5) is 11.8. The first-order chi connectivity index (χ1) is 11.1. The Bertz CT molecular complexity index is 686. The summed E-state index contributed by atoms with van der Waals surface area (Å²) in [6.07, 6.45) is 4.82. The molecule has 1 saturated carbocycles. The van der Waals surface area contributed by atoms with Crippen molar-refractivity contribution in [3.05, 3.63) is 52.3 Å². The Kier molecular flexibility index (Phi) is 4.93. The van der Waals surface area contributed by atoms with E-state index in [0.717, 1.165) is 31.4 Å². The maximum Gasteiger partial charge on any atom is 0.266 e. The quantitative estimate of drug-likeness (QED) is 0.881. The monoisotopic (exact) mass is 317 g/mol. The van der Waals surface area contributed by atoms with Gasteiger partial charge in [-0.3, -0.25) is 4.79 Å². The molecule has 1 atom stereocenters. The Labute approximate surface area is 135 Å². The van der Waals surface area contributed by atoms with Crippen LogP contribution in [-0.2, 0) is 0 Å². The highest BCUT2D eigenvalue weighted by Crippen LogP contribution is 2.27. The molecule has 2 aromatic heterocycles. The summed E-state index contributed by atoms with van der Waals surface area (Å²) in [5.41, 5.74) is -0.0347. The SMILES string of the molecule is Cc1ccc(C(O)CNC2CCC(n3ncccc3=O)CC2)o1. The fraction of sp³-hybridized carbons (Fsp3) is 0.529. The number of hydrogen-bond donors (Lipinski definition) is 2. The van der Waals surface area contributed by atoms with E-state index < -0.39 is 6.10 Å². The summed E-state index contributed by atoms with van der Waals surface area (Å²) in [5.74, 6) is 1.41. The minimum Gasteiger partial charge on any atom is -0.464 e. The molecule has 0 aliphatic heterocycles. The van der Waals surface area contributed by atoms with Gasteiger partial charge in [0.2, 0.25) is 0 Å². The molecule has 3 rings (SSSR count). The zero-order valence-electron chi connectivity index (χ0n) is 13.3. The number of furan rings is 1. The van der Waals surface area contributed by atoms with Crippen LogP contribution in [0.1, 0.15) is 49.3 Å². The van der Waals surface area contributed by atoms with E-state index in [-0.39, 0.29) is 11.6 Å². The van der Waals surface area contributed by atoms with Crippen molar-refractivity contribution in [1.29, 1.82) is 0 Å². The number of aliphatic hydroxyl groups is 1. The Morgan fingerprint density at radius 2 is 2.13 bits per heavy atom. The molecule has 0 spiro atoms. The molecular weight excluding hydrogens is 294 g/mol. The summed E-state index contributed by atoms with van der Waals surface area (Å²) in [7, 11) is 0. The van der Waals surface area contributed by atoms with Gasteiger partial charge >= 0.3 is 0 Å². The Hall–Kier alpha value is -1.92. The van der Waals surface area contributed by atoms with Gasteiger partial charge in [-0.1, -0.05) is 0 Å². The fourth-order valence-electron chi connectivity index (χ4n) is 3.18. The number of nitrogens with one attached hydrogen (secondary N) is 1. The second kappa shape index (κ2) is 7.10. The zero-order chi connectivity index (χ0) is 16.2. The normalized spacial score (nSPS) is 22.9. The first kappa shape index (κ1) is 16.0. The van der Waals surface area contributed by atoms with Gasteiger partial charge in [0.1, 0.15) is 17.6 Å². The van der Waals surface area contributed by atoms with E-state index in [1.54, 1.807) is 23.0 Å². The van der Waals surface area contributed by atoms with Crippen molar-refractivity contribution in [2.75, 3.05) is 6.54 Å². The van der Waals surface area contributed by atoms with E-state index in [1.807, 2.05) is 19.1 Å². The third-order valence-electron chi connectivity index (χ3n) is 4.47. The van der Waals surface area contributed by atoms with E-state index in [4.69, 9.17) is 4.42 Å². The molecule has 0 bridgehead atoms. The van der Waals surface area contributed by atoms with Gasteiger partial charge in [0.15, 0.2) is 0 Å². The van der Waals surface area contributed by atoms with Gasteiger partial charge in [0.05, 0.1) is 6.04 Å². The van der Waals surface area contributed by atoms with Crippen molar-refractivity contribution >= 4 is 0 Å². The van der Waals surface area contributed by atoms with Crippen molar-refractivity contribution in [3.8, 4) is 0 Å². The van der Waals surface area contributed by atoms with Gasteiger partial charge in [-0.05, 0) is 50.8 Å². The van der Waals surface area contributed by atoms with Gasteiger partial charge in [-0.15, -0.1) is 0 Å². The van der Waals surface area contributed by atoms with Gasteiger partial charge in [0.25, 0.3) is 5.56 Å². The minimum absolute atomic E-state index is 0.0347. The highest BCUT2D eigenvalue weighted by molar-refractivity contribution is 5.08. The van der Waals surface area contributed by atoms with Crippen LogP contribution < -0.4 is 10.9 Å². The number of aryl methyl sites for hydroxylation is 1. The highest BCUT2D eigenvalue weighted by Gasteiger charge is 2.24. The van der Waals surface area contributed by atoms with Crippen molar-refractivity contribution in [2.45, 2.75) is 50.8 Å². The number of aromatic nitrogens is 2. The number of rotatable bonds is 5. The highest BCUT2D eigenvalue weighted by atomic mass is 16.4. The smallest absolute Gasteiger partial charge is 0.266 e. The van der Waals surface area contributed by atoms with E-state index in [1.165, 1.54) is 0 Å². The molecule has 2 N–H and O–H groups in total. The molecule has 1 unspecified atom stereocenters. The molecule has 0 radical (unpaired) electrons. The lowest BCUT2D eigenvalue weighted by molar-refractivity contribution is 0.136. The predicted octanol–water partition coefficient (Wildman–Crippen LogP) is 1.95. The number of hydrogen-bond acceptors (Lipinski definition) is 5. The molecule has 0 aromatic carbocycles. The first-order valence-electron chi connectivity index (χ1n) is 8.15. The zero-order valence-corrected chi connectivity index (χ0v) is 13.3. The second-order valence-corrected chi connectivity index (χ2v) is 6.18. The van der Waals surface area contributed by atoms with Crippen LogP contribution in [0, 0.1) is 6.92 Å². The topological polar surface area (TPSA) is 80.3 Å². The summed E-state index contributed by atoms with van der Waals surface area (Å²) in [5, 5.41) is 17.7. The predicted molar refractivity (Wildman–Crippen MR) is 86.2 cm³/mol. The largest absolute Gasteiger partial charge is 0.464 e. The summed E-state index contributed by atoms with van der Waals surface area (Å²) in [6.45, 7) is 2.34. The van der Waals surface area contributed by atoms with Crippen LogP contribution in [0.15, 0.2) is 39.7 Å². The first-order valence-corrected chi connectivity index (χ1v) is 8.15. The maximum atomic E-state index is 11.8. The van der Waals surface area contributed by atoms with Crippen LogP contribution in [-0.4, -0.2) is 27.5 Å². The number of aliphatic hydroxyl groups excluding tert-OH is 1. The van der Waals surface area contributed by atoms with E-state index in [0.29, 0.717) is 18.3 Å². The lowest BCUT2D eigenvalue weighted by Crippen LogP contribution is -2.38. The standard InChI is InChI=1S/C17H23N3O3/c1-12-4-9-16(23-12)15(21)11-18-13-5-7-14(8-6-13)20-17(22)3-2-10-19-20/h2-4,9-10,13-15,18,21H,5-8,11H2,1H3. The number of nitrogens with zero attached hydrogens (tertiary/aromatic N) is 2. The average Bonchev–Trinajstić information content (AvgIpc) is 3.00. The van der Waals surface area contributed by atoms with Crippen molar-refractivity contribution in [3.63, 3.8) is 0 Å². The average molecular weight is 317 g/mol. The molecule has 2 aromatic rings. The van der Waals surface area contributed by atoms with Gasteiger partial charge in [-0.2, -0.15) is 5.10 Å². The van der Waals surface area contributed by atoms with Gasteiger partial charge < -0.3 is 14.8 Å². The molecule has 0 saturated heterocycles.